The number of carbonyl (C=O) groups excluding carboxylic acids is 2. The summed E-state index contributed by atoms with van der Waals surface area (Å²) in [6.45, 7) is 0.929. The normalized spacial score (nSPS) is 47.6. The number of carbonyl (C=O) groups is 2. The van der Waals surface area contributed by atoms with E-state index < -0.39 is 35.5 Å². The molecule has 4 rings (SSSR count). The summed E-state index contributed by atoms with van der Waals surface area (Å²) < 4.78 is 14.6. The fraction of sp³-hybridized carbons (Fsp3) is 0.810. The van der Waals surface area contributed by atoms with Crippen molar-refractivity contribution in [2.24, 2.45) is 28.6 Å². The van der Waals surface area contributed by atoms with E-state index in [4.69, 9.17) is 0 Å². The van der Waals surface area contributed by atoms with E-state index in [1.807, 2.05) is 6.92 Å². The number of fused-ring (bicyclic) bond motifs is 5. The third-order valence-electron chi connectivity index (χ3n) is 8.68. The molecule has 0 aliphatic heterocycles. The summed E-state index contributed by atoms with van der Waals surface area (Å²) >= 11 is 0. The van der Waals surface area contributed by atoms with Crippen LogP contribution in [-0.4, -0.2) is 40.7 Å². The molecule has 3 fully saturated rings. The highest BCUT2D eigenvalue weighted by Gasteiger charge is 2.68. The first kappa shape index (κ1) is 18.3. The first-order valence-corrected chi connectivity index (χ1v) is 9.98. The minimum atomic E-state index is -1.49. The van der Waals surface area contributed by atoms with Gasteiger partial charge in [-0.25, -0.2) is 0 Å². The lowest BCUT2D eigenvalue weighted by atomic mass is 9.44. The van der Waals surface area contributed by atoms with Gasteiger partial charge in [-0.05, 0) is 68.8 Å². The molecule has 0 aromatic heterocycles. The first-order valence-electron chi connectivity index (χ1n) is 9.98. The number of halogens is 1. The molecule has 26 heavy (non-hydrogen) atoms. The van der Waals surface area contributed by atoms with Gasteiger partial charge in [-0.2, -0.15) is 0 Å². The maximum absolute atomic E-state index is 14.6. The number of aliphatic hydroxyl groups excluding tert-OH is 1. The predicted octanol–water partition coefficient (Wildman–Crippen LogP) is 2.76. The number of Topliss-reactive ketones (excluding diaryl/α,β-unsaturated/α-hetero) is 1. The number of allylic oxidation sites excluding steroid dienone is 1. The van der Waals surface area contributed by atoms with Gasteiger partial charge in [0, 0.05) is 17.3 Å². The molecule has 0 radical (unpaired) electrons. The van der Waals surface area contributed by atoms with Crippen molar-refractivity contribution in [1.29, 1.82) is 0 Å². The molecule has 0 bridgehead atoms. The van der Waals surface area contributed by atoms with Crippen LogP contribution in [0.1, 0.15) is 58.3 Å². The van der Waals surface area contributed by atoms with E-state index in [0.717, 1.165) is 24.8 Å². The molecule has 6 atom stereocenters. The molecule has 5 heteroatoms. The fourth-order valence-electron chi connectivity index (χ4n) is 7.24. The molecular weight excluding hydrogens is 335 g/mol. The van der Waals surface area contributed by atoms with Gasteiger partial charge in [0.05, 0.1) is 6.67 Å². The molecule has 0 aromatic rings. The molecule has 0 spiro atoms. The third-order valence-corrected chi connectivity index (χ3v) is 8.68. The Morgan fingerprint density at radius 1 is 1.19 bits per heavy atom. The van der Waals surface area contributed by atoms with Crippen molar-refractivity contribution in [2.75, 3.05) is 13.3 Å². The molecular formula is C21H29FO4. The quantitative estimate of drug-likeness (QED) is 0.807. The molecule has 4 aliphatic carbocycles. The van der Waals surface area contributed by atoms with Gasteiger partial charge >= 0.3 is 0 Å². The second-order valence-corrected chi connectivity index (χ2v) is 9.29. The molecule has 2 N–H and O–H groups in total. The highest BCUT2D eigenvalue weighted by Crippen LogP contribution is 2.69. The highest BCUT2D eigenvalue weighted by molar-refractivity contribution is 5.91. The van der Waals surface area contributed by atoms with Crippen LogP contribution in [0, 0.1) is 28.6 Å². The van der Waals surface area contributed by atoms with Crippen molar-refractivity contribution < 1.29 is 24.2 Å². The predicted molar refractivity (Wildman–Crippen MR) is 94.1 cm³/mol. The van der Waals surface area contributed by atoms with Crippen LogP contribution in [0.3, 0.4) is 0 Å². The Labute approximate surface area is 153 Å². The Hall–Kier alpha value is -1.07. The summed E-state index contributed by atoms with van der Waals surface area (Å²) in [5, 5.41) is 20.5. The topological polar surface area (TPSA) is 74.6 Å². The van der Waals surface area contributed by atoms with E-state index in [2.05, 4.69) is 0 Å². The Balaban J connectivity index is 1.73. The Kier molecular flexibility index (Phi) is 4.20. The Bertz CT molecular complexity index is 673. The van der Waals surface area contributed by atoms with E-state index in [-0.39, 0.29) is 23.5 Å². The second-order valence-electron chi connectivity index (χ2n) is 9.29. The van der Waals surface area contributed by atoms with E-state index in [9.17, 15) is 24.2 Å². The number of hydrogen-bond acceptors (Lipinski definition) is 4. The Morgan fingerprint density at radius 3 is 2.65 bits per heavy atom. The minimum Gasteiger partial charge on any atom is -0.388 e. The highest BCUT2D eigenvalue weighted by atomic mass is 19.1. The number of ketones is 2. The van der Waals surface area contributed by atoms with E-state index in [1.165, 1.54) is 0 Å². The van der Waals surface area contributed by atoms with Gasteiger partial charge in [-0.3, -0.25) is 14.0 Å². The summed E-state index contributed by atoms with van der Waals surface area (Å²) in [6.07, 6.45) is 6.93. The lowest BCUT2D eigenvalue weighted by molar-refractivity contribution is -0.173. The smallest absolute Gasteiger partial charge is 0.190 e. The van der Waals surface area contributed by atoms with Gasteiger partial charge < -0.3 is 10.2 Å². The van der Waals surface area contributed by atoms with Crippen LogP contribution in [0.5, 0.6) is 0 Å². The molecule has 4 nitrogen and oxygen atoms in total. The average molecular weight is 364 g/mol. The van der Waals surface area contributed by atoms with Gasteiger partial charge in [0.15, 0.2) is 11.6 Å². The molecule has 0 amide bonds. The maximum atomic E-state index is 14.6. The zero-order chi connectivity index (χ0) is 18.7. The van der Waals surface area contributed by atoms with Crippen LogP contribution in [0.25, 0.3) is 0 Å². The van der Waals surface area contributed by atoms with Crippen LogP contribution >= 0.6 is 0 Å². The van der Waals surface area contributed by atoms with Gasteiger partial charge in [-0.15, -0.1) is 0 Å². The molecule has 3 saturated carbocycles. The standard InChI is InChI=1S/C21H29FO4/c1-19-8-9-20(12-22)15-5-3-14(24)10-13(15)2-4-17(20)16(19)6-7-21(19,26)18(25)11-23/h10,15-17,23,26H,2-9,11-12H2,1H3/t15?,16?,17?,19-,20+,21-/m0/s1. The Morgan fingerprint density at radius 2 is 1.96 bits per heavy atom. The number of rotatable bonds is 3. The number of alkyl halides is 1. The van der Waals surface area contributed by atoms with Crippen LogP contribution in [0.2, 0.25) is 0 Å². The van der Waals surface area contributed by atoms with Gasteiger partial charge in [0.25, 0.3) is 0 Å². The maximum Gasteiger partial charge on any atom is 0.190 e. The largest absolute Gasteiger partial charge is 0.388 e. The SMILES string of the molecule is C[C@]12CC[C@@]3(CF)C4CCC(=O)C=C4CCC3C1CC[C@]2(O)C(=O)CO. The van der Waals surface area contributed by atoms with Gasteiger partial charge in [0.2, 0.25) is 0 Å². The van der Waals surface area contributed by atoms with Crippen molar-refractivity contribution in [2.45, 2.75) is 63.9 Å². The molecule has 144 valence electrons. The second kappa shape index (κ2) is 5.96. The van der Waals surface area contributed by atoms with Crippen LogP contribution < -0.4 is 0 Å². The van der Waals surface area contributed by atoms with E-state index in [1.54, 1.807) is 6.08 Å². The minimum absolute atomic E-state index is 0.0895. The third kappa shape index (κ3) is 2.13. The van der Waals surface area contributed by atoms with Crippen LogP contribution in [-0.2, 0) is 9.59 Å². The van der Waals surface area contributed by atoms with Crippen molar-refractivity contribution in [3.8, 4) is 0 Å². The molecule has 0 heterocycles. The summed E-state index contributed by atoms with van der Waals surface area (Å²) in [4.78, 5) is 24.2. The fourth-order valence-corrected chi connectivity index (χ4v) is 7.24. The summed E-state index contributed by atoms with van der Waals surface area (Å²) in [5.41, 5.74) is -1.42. The number of hydrogen-bond donors (Lipinski definition) is 2. The van der Waals surface area contributed by atoms with Crippen molar-refractivity contribution >= 4 is 11.6 Å². The van der Waals surface area contributed by atoms with Crippen LogP contribution in [0.15, 0.2) is 11.6 Å². The van der Waals surface area contributed by atoms with Crippen molar-refractivity contribution in [3.63, 3.8) is 0 Å². The zero-order valence-electron chi connectivity index (χ0n) is 15.5. The van der Waals surface area contributed by atoms with Gasteiger partial charge in [-0.1, -0.05) is 12.5 Å². The summed E-state index contributed by atoms with van der Waals surface area (Å²) in [7, 11) is 0. The first-order chi connectivity index (χ1) is 12.3. The summed E-state index contributed by atoms with van der Waals surface area (Å²) in [5.74, 6) is 0.00702. The average Bonchev–Trinajstić information content (AvgIpc) is 2.92. The van der Waals surface area contributed by atoms with Crippen molar-refractivity contribution in [1.82, 2.24) is 0 Å². The summed E-state index contributed by atoms with van der Waals surface area (Å²) in [6, 6.07) is 0. The van der Waals surface area contributed by atoms with E-state index in [0.29, 0.717) is 32.1 Å². The lowest BCUT2D eigenvalue weighted by Gasteiger charge is -2.60. The number of aliphatic hydroxyl groups is 2. The molecule has 0 saturated heterocycles. The van der Waals surface area contributed by atoms with Gasteiger partial charge in [0.1, 0.15) is 12.2 Å². The monoisotopic (exact) mass is 364 g/mol. The zero-order valence-corrected chi connectivity index (χ0v) is 15.5. The molecule has 3 unspecified atom stereocenters. The van der Waals surface area contributed by atoms with Crippen LogP contribution in [0.4, 0.5) is 4.39 Å². The molecule has 4 aliphatic rings. The van der Waals surface area contributed by atoms with E-state index >= 15 is 0 Å². The lowest BCUT2D eigenvalue weighted by Crippen LogP contribution is -2.60. The van der Waals surface area contributed by atoms with Crippen molar-refractivity contribution in [3.05, 3.63) is 11.6 Å². The molecule has 0 aromatic carbocycles.